The Morgan fingerprint density at radius 3 is 1.97 bits per heavy atom. The number of carboxylic acids is 1. The van der Waals surface area contributed by atoms with E-state index in [4.69, 9.17) is 11.5 Å². The van der Waals surface area contributed by atoms with Crippen molar-refractivity contribution in [3.63, 3.8) is 0 Å². The maximum atomic E-state index is 13.2. The van der Waals surface area contributed by atoms with Gasteiger partial charge in [-0.25, -0.2) is 4.79 Å². The molecule has 0 radical (unpaired) electrons. The van der Waals surface area contributed by atoms with Crippen LogP contribution in [0.3, 0.4) is 0 Å². The van der Waals surface area contributed by atoms with Gasteiger partial charge in [-0.05, 0) is 37.0 Å². The summed E-state index contributed by atoms with van der Waals surface area (Å²) in [6.45, 7) is 4.83. The summed E-state index contributed by atoms with van der Waals surface area (Å²) in [7, 11) is 0. The van der Waals surface area contributed by atoms with E-state index in [0.29, 0.717) is 12.0 Å². The number of primary amides is 1. The maximum absolute atomic E-state index is 13.2. The Hall–Kier alpha value is -3.71. The number of nitrogens with two attached hydrogens (primary N) is 2. The fourth-order valence-electron chi connectivity index (χ4n) is 3.33. The number of hydrogen-bond acceptors (Lipinski definition) is 8. The van der Waals surface area contributed by atoms with Crippen molar-refractivity contribution in [2.75, 3.05) is 0 Å². The number of carbonyl (C=O) groups excluding carboxylic acids is 4. The van der Waals surface area contributed by atoms with E-state index in [1.54, 1.807) is 13.8 Å². The molecule has 37 heavy (non-hydrogen) atoms. The zero-order valence-electron chi connectivity index (χ0n) is 21.1. The maximum Gasteiger partial charge on any atom is 0.326 e. The van der Waals surface area contributed by atoms with E-state index in [1.807, 2.05) is 0 Å². The van der Waals surface area contributed by atoms with Gasteiger partial charge >= 0.3 is 5.97 Å². The molecular weight excluding hydrogens is 486 g/mol. The highest BCUT2D eigenvalue weighted by Crippen LogP contribution is 2.14. The molecule has 6 unspecified atom stereocenters. The van der Waals surface area contributed by atoms with Gasteiger partial charge in [-0.3, -0.25) is 19.2 Å². The van der Waals surface area contributed by atoms with Crippen LogP contribution in [0.25, 0.3) is 0 Å². The molecule has 1 aromatic carbocycles. The highest BCUT2D eigenvalue weighted by molar-refractivity contribution is 5.94. The summed E-state index contributed by atoms with van der Waals surface area (Å²) in [4.78, 5) is 61.5. The van der Waals surface area contributed by atoms with Crippen molar-refractivity contribution in [1.29, 1.82) is 0 Å². The molecule has 0 aliphatic heterocycles. The van der Waals surface area contributed by atoms with Crippen LogP contribution in [0.15, 0.2) is 24.3 Å². The molecule has 13 heteroatoms. The van der Waals surface area contributed by atoms with Crippen LogP contribution in [0.5, 0.6) is 5.75 Å². The number of aliphatic carboxylic acids is 1. The standard InChI is InChI=1S/C24H37N5O8/c1-4-12(2)20(29-22(34)19(26)13(3)30)23(35)28-17(11-14-5-7-15(31)8-6-14)21(33)27-16(24(36)37)9-10-18(25)32/h5-8,12-13,16-17,19-20,30-31H,4,9-11,26H2,1-3H3,(H2,25,32)(H,27,33)(H,28,35)(H,29,34)(H,36,37). The molecule has 0 spiro atoms. The molecule has 13 nitrogen and oxygen atoms in total. The minimum absolute atomic E-state index is 0.0137. The molecule has 0 aliphatic rings. The highest BCUT2D eigenvalue weighted by Gasteiger charge is 2.33. The topological polar surface area (TPSA) is 234 Å². The van der Waals surface area contributed by atoms with Gasteiger partial charge in [-0.15, -0.1) is 0 Å². The minimum atomic E-state index is -1.44. The fraction of sp³-hybridized carbons (Fsp3) is 0.542. The summed E-state index contributed by atoms with van der Waals surface area (Å²) in [6.07, 6.45) is -1.29. The van der Waals surface area contributed by atoms with Crippen molar-refractivity contribution in [1.82, 2.24) is 16.0 Å². The molecule has 10 N–H and O–H groups in total. The first-order chi connectivity index (χ1) is 17.3. The third-order valence-electron chi connectivity index (χ3n) is 5.92. The second-order valence-electron chi connectivity index (χ2n) is 8.97. The normalized spacial score (nSPS) is 15.8. The summed E-state index contributed by atoms with van der Waals surface area (Å²) in [5, 5.41) is 36.0. The molecule has 1 aromatic rings. The Balaban J connectivity index is 3.20. The van der Waals surface area contributed by atoms with Gasteiger partial charge in [0.2, 0.25) is 23.6 Å². The predicted octanol–water partition coefficient (Wildman–Crippen LogP) is -1.51. The zero-order chi connectivity index (χ0) is 28.3. The number of amides is 4. The molecule has 0 aromatic heterocycles. The molecule has 206 valence electrons. The third kappa shape index (κ3) is 10.4. The minimum Gasteiger partial charge on any atom is -0.508 e. The van der Waals surface area contributed by atoms with Gasteiger partial charge in [-0.2, -0.15) is 0 Å². The molecule has 0 fully saturated rings. The zero-order valence-corrected chi connectivity index (χ0v) is 21.1. The van der Waals surface area contributed by atoms with E-state index >= 15 is 0 Å². The van der Waals surface area contributed by atoms with Crippen LogP contribution in [0.2, 0.25) is 0 Å². The van der Waals surface area contributed by atoms with E-state index in [0.717, 1.165) is 0 Å². The average Bonchev–Trinajstić information content (AvgIpc) is 2.84. The van der Waals surface area contributed by atoms with E-state index in [9.17, 15) is 39.3 Å². The second-order valence-corrected chi connectivity index (χ2v) is 8.97. The largest absolute Gasteiger partial charge is 0.508 e. The van der Waals surface area contributed by atoms with Crippen molar-refractivity contribution < 1.29 is 39.3 Å². The van der Waals surface area contributed by atoms with Gasteiger partial charge < -0.3 is 42.7 Å². The van der Waals surface area contributed by atoms with Crippen LogP contribution in [0.1, 0.15) is 45.6 Å². The summed E-state index contributed by atoms with van der Waals surface area (Å²) >= 11 is 0. The molecule has 1 rings (SSSR count). The van der Waals surface area contributed by atoms with Crippen molar-refractivity contribution >= 4 is 29.6 Å². The van der Waals surface area contributed by atoms with E-state index in [1.165, 1.54) is 31.2 Å². The van der Waals surface area contributed by atoms with Crippen molar-refractivity contribution in [3.05, 3.63) is 29.8 Å². The van der Waals surface area contributed by atoms with Crippen LogP contribution < -0.4 is 27.4 Å². The number of rotatable bonds is 15. The van der Waals surface area contributed by atoms with Crippen LogP contribution in [0.4, 0.5) is 0 Å². The SMILES string of the molecule is CCC(C)C(NC(=O)C(N)C(C)O)C(=O)NC(Cc1ccc(O)cc1)C(=O)NC(CCC(N)=O)C(=O)O. The number of phenolic OH excluding ortho intramolecular Hbond substituents is 1. The Morgan fingerprint density at radius 2 is 1.49 bits per heavy atom. The molecule has 0 aliphatic carbocycles. The number of aromatic hydroxyl groups is 1. The number of phenols is 1. The predicted molar refractivity (Wildman–Crippen MR) is 133 cm³/mol. The Kier molecular flexibility index (Phi) is 12.5. The van der Waals surface area contributed by atoms with Gasteiger partial charge in [0.15, 0.2) is 0 Å². The van der Waals surface area contributed by atoms with Crippen LogP contribution in [-0.2, 0) is 30.4 Å². The van der Waals surface area contributed by atoms with Gasteiger partial charge in [0, 0.05) is 12.8 Å². The Labute approximate surface area is 215 Å². The first-order valence-electron chi connectivity index (χ1n) is 11.9. The molecule has 0 saturated carbocycles. The number of aliphatic hydroxyl groups is 1. The van der Waals surface area contributed by atoms with Crippen LogP contribution in [0, 0.1) is 5.92 Å². The first kappa shape index (κ1) is 31.3. The van der Waals surface area contributed by atoms with Crippen molar-refractivity contribution in [2.24, 2.45) is 17.4 Å². The number of carbonyl (C=O) groups is 5. The smallest absolute Gasteiger partial charge is 0.326 e. The third-order valence-corrected chi connectivity index (χ3v) is 5.92. The number of nitrogens with one attached hydrogen (secondary N) is 3. The number of aliphatic hydroxyl groups excluding tert-OH is 1. The van der Waals surface area contributed by atoms with Gasteiger partial charge in [0.1, 0.15) is 29.9 Å². The lowest BCUT2D eigenvalue weighted by Gasteiger charge is -2.28. The average molecular weight is 524 g/mol. The fourth-order valence-corrected chi connectivity index (χ4v) is 3.33. The first-order valence-corrected chi connectivity index (χ1v) is 11.9. The monoisotopic (exact) mass is 523 g/mol. The lowest BCUT2D eigenvalue weighted by molar-refractivity contribution is -0.142. The Morgan fingerprint density at radius 1 is 0.919 bits per heavy atom. The molecular formula is C24H37N5O8. The Bertz CT molecular complexity index is 953. The number of benzene rings is 1. The van der Waals surface area contributed by atoms with E-state index in [2.05, 4.69) is 16.0 Å². The molecule has 0 heterocycles. The van der Waals surface area contributed by atoms with E-state index in [-0.39, 0.29) is 30.9 Å². The molecule has 4 amide bonds. The lowest BCUT2D eigenvalue weighted by atomic mass is 9.96. The van der Waals surface area contributed by atoms with E-state index < -0.39 is 59.9 Å². The van der Waals surface area contributed by atoms with Crippen molar-refractivity contribution in [2.45, 2.75) is 76.7 Å². The van der Waals surface area contributed by atoms with Gasteiger partial charge in [0.25, 0.3) is 0 Å². The highest BCUT2D eigenvalue weighted by atomic mass is 16.4. The lowest BCUT2D eigenvalue weighted by Crippen LogP contribution is -2.60. The van der Waals surface area contributed by atoms with Crippen LogP contribution >= 0.6 is 0 Å². The summed E-state index contributed by atoms with van der Waals surface area (Å²) < 4.78 is 0. The number of hydrogen-bond donors (Lipinski definition) is 8. The molecule has 6 atom stereocenters. The van der Waals surface area contributed by atoms with Crippen molar-refractivity contribution in [3.8, 4) is 5.75 Å². The van der Waals surface area contributed by atoms with Gasteiger partial charge in [-0.1, -0.05) is 32.4 Å². The van der Waals surface area contributed by atoms with Crippen LogP contribution in [-0.4, -0.2) is 75.2 Å². The quantitative estimate of drug-likeness (QED) is 0.133. The second kappa shape index (κ2) is 14.8. The summed E-state index contributed by atoms with van der Waals surface area (Å²) in [5.74, 6) is -4.84. The van der Waals surface area contributed by atoms with Gasteiger partial charge in [0.05, 0.1) is 6.10 Å². The number of carboxylic acid groups (broad SMARTS) is 1. The summed E-state index contributed by atoms with van der Waals surface area (Å²) in [6, 6.07) is 0.726. The molecule has 0 bridgehead atoms. The molecule has 0 saturated heterocycles. The summed E-state index contributed by atoms with van der Waals surface area (Å²) in [5.41, 5.74) is 11.3.